The normalized spacial score (nSPS) is 8.92. The number of terminal acetylenes is 1. The van der Waals surface area contributed by atoms with Gasteiger partial charge < -0.3 is 4.74 Å². The molecule has 0 aromatic carbocycles. The lowest BCUT2D eigenvalue weighted by Gasteiger charge is -2.00. The van der Waals surface area contributed by atoms with Gasteiger partial charge in [-0.25, -0.2) is 9.78 Å². The number of rotatable bonds is 2. The fraction of sp³-hybridized carbons (Fsp3) is 0.200. The van der Waals surface area contributed by atoms with Crippen LogP contribution in [0.4, 0.5) is 0 Å². The number of aromatic nitrogens is 1. The van der Waals surface area contributed by atoms with Gasteiger partial charge in [-0.05, 0) is 19.1 Å². The Morgan fingerprint density at radius 3 is 3.08 bits per heavy atom. The molecule has 0 aliphatic carbocycles. The Labute approximate surface area is 76.8 Å². The molecular weight excluding hydrogens is 166 g/mol. The third-order valence-corrected chi connectivity index (χ3v) is 1.38. The number of pyridine rings is 1. The van der Waals surface area contributed by atoms with Crippen LogP contribution in [-0.4, -0.2) is 17.6 Å². The van der Waals surface area contributed by atoms with Crippen molar-refractivity contribution >= 4 is 5.97 Å². The van der Waals surface area contributed by atoms with Crippen LogP contribution in [0.15, 0.2) is 18.2 Å². The number of carbonyl (C=O) groups is 1. The molecule has 0 radical (unpaired) electrons. The maximum atomic E-state index is 11.2. The van der Waals surface area contributed by atoms with E-state index in [2.05, 4.69) is 10.9 Å². The van der Waals surface area contributed by atoms with Gasteiger partial charge in [-0.2, -0.15) is 0 Å². The highest BCUT2D eigenvalue weighted by atomic mass is 16.5. The maximum Gasteiger partial charge on any atom is 0.357 e. The van der Waals surface area contributed by atoms with Crippen LogP contribution in [0.3, 0.4) is 0 Å². The van der Waals surface area contributed by atoms with Crippen molar-refractivity contribution < 1.29 is 9.53 Å². The van der Waals surface area contributed by atoms with E-state index in [9.17, 15) is 4.79 Å². The Kier molecular flexibility index (Phi) is 3.04. The summed E-state index contributed by atoms with van der Waals surface area (Å²) in [5, 5.41) is 0. The van der Waals surface area contributed by atoms with Crippen LogP contribution in [0.2, 0.25) is 0 Å². The van der Waals surface area contributed by atoms with Crippen molar-refractivity contribution in [3.05, 3.63) is 29.6 Å². The van der Waals surface area contributed by atoms with E-state index in [1.807, 2.05) is 0 Å². The van der Waals surface area contributed by atoms with Crippen LogP contribution in [-0.2, 0) is 4.74 Å². The highest BCUT2D eigenvalue weighted by Crippen LogP contribution is 1.99. The minimum atomic E-state index is -0.485. The first-order valence-electron chi connectivity index (χ1n) is 3.78. The summed E-state index contributed by atoms with van der Waals surface area (Å²) in [7, 11) is 0. The van der Waals surface area contributed by atoms with Crippen LogP contribution in [0.25, 0.3) is 0 Å². The van der Waals surface area contributed by atoms with Crippen molar-refractivity contribution in [3.8, 4) is 12.3 Å². The number of nitrogens with zero attached hydrogens (tertiary/aromatic N) is 1. The summed E-state index contributed by atoms with van der Waals surface area (Å²) in [6, 6.07) is 5.14. The van der Waals surface area contributed by atoms with Crippen molar-refractivity contribution in [2.45, 2.75) is 6.92 Å². The first-order valence-corrected chi connectivity index (χ1v) is 3.78. The average Bonchev–Trinajstić information content (AvgIpc) is 2.14. The summed E-state index contributed by atoms with van der Waals surface area (Å²) < 4.78 is 4.69. The van der Waals surface area contributed by atoms with Crippen LogP contribution in [0.5, 0.6) is 0 Å². The Bertz CT molecular complexity index is 352. The zero-order chi connectivity index (χ0) is 9.68. The Morgan fingerprint density at radius 2 is 2.46 bits per heavy atom. The molecule has 0 aliphatic rings. The standard InChI is InChI=1S/C10H9NO2/c1-3-7-13-10(12)9-6-4-5-8(2)11-9/h1,4-6H,7H2,2H3. The van der Waals surface area contributed by atoms with Crippen molar-refractivity contribution in [2.75, 3.05) is 6.61 Å². The number of aryl methyl sites for hydroxylation is 1. The third-order valence-electron chi connectivity index (χ3n) is 1.38. The van der Waals surface area contributed by atoms with E-state index in [1.54, 1.807) is 25.1 Å². The molecule has 13 heavy (non-hydrogen) atoms. The molecule has 66 valence electrons. The number of esters is 1. The molecule has 1 heterocycles. The minimum absolute atomic E-state index is 0.0194. The van der Waals surface area contributed by atoms with Gasteiger partial charge in [-0.1, -0.05) is 12.0 Å². The second-order valence-electron chi connectivity index (χ2n) is 2.44. The van der Waals surface area contributed by atoms with Crippen LogP contribution >= 0.6 is 0 Å². The highest BCUT2D eigenvalue weighted by Gasteiger charge is 2.06. The predicted octanol–water partition coefficient (Wildman–Crippen LogP) is 1.18. The molecule has 0 fully saturated rings. The van der Waals surface area contributed by atoms with Gasteiger partial charge >= 0.3 is 5.97 Å². The Hall–Kier alpha value is -1.82. The average molecular weight is 175 g/mol. The molecule has 0 saturated carbocycles. The minimum Gasteiger partial charge on any atom is -0.448 e. The molecule has 0 spiro atoms. The first-order chi connectivity index (χ1) is 6.24. The van der Waals surface area contributed by atoms with Gasteiger partial charge in [-0.3, -0.25) is 0 Å². The van der Waals surface area contributed by atoms with Gasteiger partial charge in [0.05, 0.1) is 0 Å². The summed E-state index contributed by atoms with van der Waals surface area (Å²) in [5.41, 5.74) is 1.06. The maximum absolute atomic E-state index is 11.2. The van der Waals surface area contributed by atoms with Gasteiger partial charge in [0.15, 0.2) is 6.61 Å². The molecule has 1 aromatic rings. The summed E-state index contributed by atoms with van der Waals surface area (Å²) >= 11 is 0. The zero-order valence-corrected chi connectivity index (χ0v) is 7.28. The molecule has 0 unspecified atom stereocenters. The van der Waals surface area contributed by atoms with E-state index in [0.29, 0.717) is 0 Å². The van der Waals surface area contributed by atoms with E-state index in [-0.39, 0.29) is 12.3 Å². The van der Waals surface area contributed by atoms with Crippen LogP contribution in [0, 0.1) is 19.3 Å². The summed E-state index contributed by atoms with van der Waals surface area (Å²) in [6.07, 6.45) is 4.94. The van der Waals surface area contributed by atoms with E-state index in [4.69, 9.17) is 11.2 Å². The lowest BCUT2D eigenvalue weighted by atomic mass is 10.3. The topological polar surface area (TPSA) is 39.2 Å². The van der Waals surface area contributed by atoms with E-state index in [1.165, 1.54) is 0 Å². The number of carbonyl (C=O) groups excluding carboxylic acids is 1. The molecule has 0 atom stereocenters. The van der Waals surface area contributed by atoms with Crippen molar-refractivity contribution in [1.82, 2.24) is 4.98 Å². The second-order valence-corrected chi connectivity index (χ2v) is 2.44. The van der Waals surface area contributed by atoms with E-state index >= 15 is 0 Å². The molecule has 0 aliphatic heterocycles. The lowest BCUT2D eigenvalue weighted by molar-refractivity contribution is 0.0549. The zero-order valence-electron chi connectivity index (χ0n) is 7.28. The van der Waals surface area contributed by atoms with Gasteiger partial charge in [0.2, 0.25) is 0 Å². The van der Waals surface area contributed by atoms with Gasteiger partial charge in [0.25, 0.3) is 0 Å². The van der Waals surface area contributed by atoms with Crippen LogP contribution < -0.4 is 0 Å². The molecule has 1 rings (SSSR count). The Morgan fingerprint density at radius 1 is 1.69 bits per heavy atom. The monoisotopic (exact) mass is 175 g/mol. The number of hydrogen-bond acceptors (Lipinski definition) is 3. The first kappa shape index (κ1) is 9.27. The molecule has 0 amide bonds. The predicted molar refractivity (Wildman–Crippen MR) is 48.1 cm³/mol. The van der Waals surface area contributed by atoms with E-state index < -0.39 is 5.97 Å². The van der Waals surface area contributed by atoms with Crippen molar-refractivity contribution in [3.63, 3.8) is 0 Å². The molecular formula is C10H9NO2. The SMILES string of the molecule is C#CCOC(=O)c1cccc(C)n1. The van der Waals surface area contributed by atoms with Crippen molar-refractivity contribution in [1.29, 1.82) is 0 Å². The van der Waals surface area contributed by atoms with Gasteiger partial charge in [-0.15, -0.1) is 6.42 Å². The molecule has 0 N–H and O–H groups in total. The van der Waals surface area contributed by atoms with Crippen molar-refractivity contribution in [2.24, 2.45) is 0 Å². The molecule has 3 heteroatoms. The molecule has 1 aromatic heterocycles. The molecule has 0 bridgehead atoms. The lowest BCUT2D eigenvalue weighted by Crippen LogP contribution is -2.07. The molecule has 0 saturated heterocycles. The van der Waals surface area contributed by atoms with Gasteiger partial charge in [0.1, 0.15) is 5.69 Å². The number of hydrogen-bond donors (Lipinski definition) is 0. The fourth-order valence-electron chi connectivity index (χ4n) is 0.838. The Balaban J connectivity index is 2.72. The quantitative estimate of drug-likeness (QED) is 0.500. The summed E-state index contributed by atoms with van der Waals surface area (Å²) in [5.74, 6) is 1.73. The summed E-state index contributed by atoms with van der Waals surface area (Å²) in [6.45, 7) is 1.78. The van der Waals surface area contributed by atoms with Crippen LogP contribution in [0.1, 0.15) is 16.2 Å². The number of ether oxygens (including phenoxy) is 1. The molecule has 3 nitrogen and oxygen atoms in total. The highest BCUT2D eigenvalue weighted by molar-refractivity contribution is 5.87. The largest absolute Gasteiger partial charge is 0.448 e. The third kappa shape index (κ3) is 2.60. The van der Waals surface area contributed by atoms with Gasteiger partial charge in [0, 0.05) is 5.69 Å². The fourth-order valence-corrected chi connectivity index (χ4v) is 0.838. The second kappa shape index (κ2) is 4.27. The summed E-state index contributed by atoms with van der Waals surface area (Å²) in [4.78, 5) is 15.2. The smallest absolute Gasteiger partial charge is 0.357 e. The van der Waals surface area contributed by atoms with E-state index in [0.717, 1.165) is 5.69 Å².